The van der Waals surface area contributed by atoms with Crippen molar-refractivity contribution in [2.24, 2.45) is 0 Å². The van der Waals surface area contributed by atoms with Crippen molar-refractivity contribution in [3.05, 3.63) is 94.9 Å². The fraction of sp³-hybridized carbons (Fsp3) is 0.143. The Labute approximate surface area is 203 Å². The molecule has 7 nitrogen and oxygen atoms in total. The van der Waals surface area contributed by atoms with E-state index < -0.39 is 0 Å². The molecule has 0 radical (unpaired) electrons. The monoisotopic (exact) mass is 463 g/mol. The molecular weight excluding hydrogens is 438 g/mol. The van der Waals surface area contributed by atoms with Crippen LogP contribution >= 0.6 is 0 Å². The number of carbonyl (C=O) groups is 1. The summed E-state index contributed by atoms with van der Waals surface area (Å²) in [5.41, 5.74) is 7.45. The van der Waals surface area contributed by atoms with Crippen molar-refractivity contribution in [3.63, 3.8) is 0 Å². The lowest BCUT2D eigenvalue weighted by Gasteiger charge is -2.12. The Hall–Kier alpha value is -4.52. The molecule has 0 fully saturated rings. The number of para-hydroxylation sites is 2. The maximum Gasteiger partial charge on any atom is 0.255 e. The van der Waals surface area contributed by atoms with Gasteiger partial charge in [-0.05, 0) is 69.2 Å². The number of nitrogens with zero attached hydrogens (tertiary/aromatic N) is 3. The summed E-state index contributed by atoms with van der Waals surface area (Å²) in [5.74, 6) is 1.000. The van der Waals surface area contributed by atoms with E-state index in [1.54, 1.807) is 12.1 Å². The first-order valence-electron chi connectivity index (χ1n) is 11.4. The second kappa shape index (κ2) is 9.02. The van der Waals surface area contributed by atoms with Crippen LogP contribution in [0.25, 0.3) is 22.2 Å². The van der Waals surface area contributed by atoms with Gasteiger partial charge in [-0.15, -0.1) is 0 Å². The van der Waals surface area contributed by atoms with E-state index in [1.165, 1.54) is 0 Å². The van der Waals surface area contributed by atoms with Crippen molar-refractivity contribution in [2.45, 2.75) is 27.7 Å². The van der Waals surface area contributed by atoms with Gasteiger partial charge in [0.15, 0.2) is 0 Å². The number of carbonyl (C=O) groups excluding carboxylic acids is 1. The maximum absolute atomic E-state index is 12.8. The van der Waals surface area contributed by atoms with Crippen molar-refractivity contribution in [3.8, 4) is 11.3 Å². The van der Waals surface area contributed by atoms with E-state index in [4.69, 9.17) is 9.51 Å². The van der Waals surface area contributed by atoms with Gasteiger partial charge in [0, 0.05) is 22.3 Å². The quantitative estimate of drug-likeness (QED) is 0.308. The highest BCUT2D eigenvalue weighted by atomic mass is 16.5. The minimum Gasteiger partial charge on any atom is -0.361 e. The predicted octanol–water partition coefficient (Wildman–Crippen LogP) is 6.51. The van der Waals surface area contributed by atoms with Gasteiger partial charge in [0.1, 0.15) is 5.76 Å². The second-order valence-corrected chi connectivity index (χ2v) is 8.54. The minimum atomic E-state index is -0.156. The van der Waals surface area contributed by atoms with Gasteiger partial charge >= 0.3 is 0 Å². The summed E-state index contributed by atoms with van der Waals surface area (Å²) in [6.45, 7) is 7.74. The molecule has 0 aliphatic heterocycles. The number of fused-ring (bicyclic) bond motifs is 1. The van der Waals surface area contributed by atoms with Gasteiger partial charge in [-0.1, -0.05) is 41.6 Å². The molecule has 2 N–H and O–H groups in total. The Morgan fingerprint density at radius 3 is 2.23 bits per heavy atom. The number of anilines is 3. The molecule has 0 aliphatic rings. The van der Waals surface area contributed by atoms with Gasteiger partial charge in [0.2, 0.25) is 5.95 Å². The summed E-state index contributed by atoms with van der Waals surface area (Å²) in [7, 11) is 0. The molecule has 0 aliphatic carbocycles. The predicted molar refractivity (Wildman–Crippen MR) is 138 cm³/mol. The highest BCUT2D eigenvalue weighted by Gasteiger charge is 2.18. The average molecular weight is 464 g/mol. The van der Waals surface area contributed by atoms with Crippen molar-refractivity contribution < 1.29 is 9.32 Å². The lowest BCUT2D eigenvalue weighted by atomic mass is 10.1. The molecule has 0 spiro atoms. The summed E-state index contributed by atoms with van der Waals surface area (Å²) in [4.78, 5) is 22.3. The first kappa shape index (κ1) is 22.3. The SMILES string of the molecule is Cc1cccc(C)c1NC(=O)c1ccc(Nc2nc(-c3c(C)noc3C)c3ccccc3n2)cc1. The van der Waals surface area contributed by atoms with Crippen LogP contribution in [0.4, 0.5) is 17.3 Å². The molecule has 35 heavy (non-hydrogen) atoms. The largest absolute Gasteiger partial charge is 0.361 e. The molecule has 1 amide bonds. The van der Waals surface area contributed by atoms with Crippen molar-refractivity contribution in [2.75, 3.05) is 10.6 Å². The number of hydrogen-bond donors (Lipinski definition) is 2. The van der Waals surface area contributed by atoms with Crippen molar-refractivity contribution >= 4 is 34.1 Å². The fourth-order valence-electron chi connectivity index (χ4n) is 4.18. The number of aromatic nitrogens is 3. The second-order valence-electron chi connectivity index (χ2n) is 8.54. The number of nitrogens with one attached hydrogen (secondary N) is 2. The molecule has 7 heteroatoms. The van der Waals surface area contributed by atoms with E-state index in [9.17, 15) is 4.79 Å². The Kier molecular flexibility index (Phi) is 5.74. The van der Waals surface area contributed by atoms with Gasteiger partial charge in [0.05, 0.1) is 22.5 Å². The Morgan fingerprint density at radius 2 is 1.54 bits per heavy atom. The van der Waals surface area contributed by atoms with Crippen molar-refractivity contribution in [1.29, 1.82) is 0 Å². The summed E-state index contributed by atoms with van der Waals surface area (Å²) in [6.07, 6.45) is 0. The number of hydrogen-bond acceptors (Lipinski definition) is 6. The molecule has 2 heterocycles. The molecule has 5 aromatic rings. The summed E-state index contributed by atoms with van der Waals surface area (Å²) in [5, 5.41) is 11.3. The molecule has 3 aromatic carbocycles. The third-order valence-electron chi connectivity index (χ3n) is 6.00. The zero-order valence-corrected chi connectivity index (χ0v) is 20.0. The summed E-state index contributed by atoms with van der Waals surface area (Å²) < 4.78 is 5.38. The van der Waals surface area contributed by atoms with Gasteiger partial charge in [-0.2, -0.15) is 0 Å². The van der Waals surface area contributed by atoms with Crippen LogP contribution in [0.15, 0.2) is 71.3 Å². The Bertz CT molecular complexity index is 1510. The zero-order valence-electron chi connectivity index (χ0n) is 20.0. The third-order valence-corrected chi connectivity index (χ3v) is 6.00. The van der Waals surface area contributed by atoms with Gasteiger partial charge < -0.3 is 15.2 Å². The third kappa shape index (κ3) is 4.36. The smallest absolute Gasteiger partial charge is 0.255 e. The highest BCUT2D eigenvalue weighted by Crippen LogP contribution is 2.32. The van der Waals surface area contributed by atoms with Crippen LogP contribution < -0.4 is 10.6 Å². The Morgan fingerprint density at radius 1 is 0.829 bits per heavy atom. The van der Waals surface area contributed by atoms with Gasteiger partial charge in [-0.25, -0.2) is 9.97 Å². The minimum absolute atomic E-state index is 0.156. The number of rotatable bonds is 5. The van der Waals surface area contributed by atoms with Crippen molar-refractivity contribution in [1.82, 2.24) is 15.1 Å². The van der Waals surface area contributed by atoms with E-state index in [0.29, 0.717) is 17.3 Å². The summed E-state index contributed by atoms with van der Waals surface area (Å²) in [6, 6.07) is 21.0. The van der Waals surface area contributed by atoms with E-state index in [0.717, 1.165) is 50.4 Å². The normalized spacial score (nSPS) is 11.0. The first-order chi connectivity index (χ1) is 16.9. The van der Waals surface area contributed by atoms with E-state index in [1.807, 2.05) is 82.3 Å². The molecule has 0 saturated carbocycles. The molecule has 5 rings (SSSR count). The van der Waals surface area contributed by atoms with Crippen LogP contribution in [0.1, 0.15) is 32.9 Å². The van der Waals surface area contributed by atoms with Crippen LogP contribution in [0, 0.1) is 27.7 Å². The number of benzene rings is 3. The van der Waals surface area contributed by atoms with E-state index in [2.05, 4.69) is 20.8 Å². The molecule has 0 bridgehead atoms. The van der Waals surface area contributed by atoms with Crippen LogP contribution in [0.5, 0.6) is 0 Å². The summed E-state index contributed by atoms with van der Waals surface area (Å²) >= 11 is 0. The molecule has 2 aromatic heterocycles. The number of amides is 1. The van der Waals surface area contributed by atoms with Gasteiger partial charge in [-0.3, -0.25) is 4.79 Å². The van der Waals surface area contributed by atoms with Crippen LogP contribution in [-0.2, 0) is 0 Å². The maximum atomic E-state index is 12.8. The molecule has 174 valence electrons. The molecule has 0 saturated heterocycles. The average Bonchev–Trinajstić information content (AvgIpc) is 3.19. The van der Waals surface area contributed by atoms with E-state index >= 15 is 0 Å². The van der Waals surface area contributed by atoms with Crippen LogP contribution in [0.3, 0.4) is 0 Å². The topological polar surface area (TPSA) is 92.9 Å². The van der Waals surface area contributed by atoms with Crippen LogP contribution in [0.2, 0.25) is 0 Å². The zero-order chi connectivity index (χ0) is 24.5. The van der Waals surface area contributed by atoms with Crippen LogP contribution in [-0.4, -0.2) is 21.0 Å². The lowest BCUT2D eigenvalue weighted by Crippen LogP contribution is -2.13. The van der Waals surface area contributed by atoms with Gasteiger partial charge in [0.25, 0.3) is 5.91 Å². The number of aryl methyl sites for hydroxylation is 4. The fourth-order valence-corrected chi connectivity index (χ4v) is 4.18. The molecular formula is C28H25N5O2. The first-order valence-corrected chi connectivity index (χ1v) is 11.4. The lowest BCUT2D eigenvalue weighted by molar-refractivity contribution is 0.102. The highest BCUT2D eigenvalue weighted by molar-refractivity contribution is 6.05. The van der Waals surface area contributed by atoms with E-state index in [-0.39, 0.29) is 5.91 Å². The standard InChI is InChI=1S/C28H25N5O2/c1-16-8-7-9-17(2)25(16)31-27(34)20-12-14-21(15-13-20)29-28-30-23-11-6-5-10-22(23)26(32-28)24-18(3)33-35-19(24)4/h5-15H,1-4H3,(H,31,34)(H,29,30,32). The molecule has 0 unspecified atom stereocenters. The molecule has 0 atom stereocenters. The Balaban J connectivity index is 1.42.